The number of ether oxygens (including phenoxy) is 1. The van der Waals surface area contributed by atoms with E-state index in [9.17, 15) is 4.79 Å². The minimum Gasteiger partial charge on any atom is -0.466 e. The molecular weight excluding hydrogens is 212 g/mol. The average Bonchev–Trinajstić information content (AvgIpc) is 2.30. The molecule has 0 aromatic carbocycles. The molecule has 0 N–H and O–H groups in total. The maximum atomic E-state index is 10.8. The van der Waals surface area contributed by atoms with Crippen LogP contribution in [0.5, 0.6) is 0 Å². The Labute approximate surface area is 105 Å². The van der Waals surface area contributed by atoms with Crippen LogP contribution in [0.15, 0.2) is 35.5 Å². The van der Waals surface area contributed by atoms with E-state index in [4.69, 9.17) is 0 Å². The molecule has 0 aliphatic rings. The molecule has 0 aromatic heterocycles. The Morgan fingerprint density at radius 3 is 2.24 bits per heavy atom. The third-order valence-corrected chi connectivity index (χ3v) is 2.80. The fraction of sp³-hybridized carbons (Fsp3) is 0.533. The molecule has 0 aromatic rings. The van der Waals surface area contributed by atoms with Crippen molar-refractivity contribution in [3.63, 3.8) is 0 Å². The number of allylic oxidation sites excluding steroid dienone is 4. The van der Waals surface area contributed by atoms with Gasteiger partial charge >= 0.3 is 5.97 Å². The van der Waals surface area contributed by atoms with Crippen LogP contribution in [-0.2, 0) is 9.53 Å². The molecule has 0 bridgehead atoms. The van der Waals surface area contributed by atoms with E-state index in [0.717, 1.165) is 25.7 Å². The lowest BCUT2D eigenvalue weighted by Crippen LogP contribution is -1.93. The second-order valence-electron chi connectivity index (χ2n) is 4.48. The van der Waals surface area contributed by atoms with Crippen molar-refractivity contribution in [2.75, 3.05) is 7.11 Å². The van der Waals surface area contributed by atoms with Gasteiger partial charge in [0.25, 0.3) is 0 Å². The first-order valence-electron chi connectivity index (χ1n) is 6.01. The molecule has 0 aliphatic carbocycles. The van der Waals surface area contributed by atoms with Crippen LogP contribution >= 0.6 is 0 Å². The Kier molecular flexibility index (Phi) is 8.12. The molecule has 17 heavy (non-hydrogen) atoms. The van der Waals surface area contributed by atoms with Gasteiger partial charge in [0.2, 0.25) is 0 Å². The van der Waals surface area contributed by atoms with E-state index in [2.05, 4.69) is 32.1 Å². The molecule has 96 valence electrons. The fourth-order valence-electron chi connectivity index (χ4n) is 1.38. The third-order valence-electron chi connectivity index (χ3n) is 2.80. The molecule has 0 spiro atoms. The summed E-state index contributed by atoms with van der Waals surface area (Å²) in [6.45, 7) is 10.3. The number of hydrogen-bond donors (Lipinski definition) is 0. The topological polar surface area (TPSA) is 26.3 Å². The molecule has 0 unspecified atom stereocenters. The van der Waals surface area contributed by atoms with Crippen molar-refractivity contribution < 1.29 is 9.53 Å². The standard InChI is InChI=1S/C15H24O2/c1-12(2)10-11-14(4)13(3)8-6-7-9-15(16)17-5/h7,9H,1,6,8,10-11H2,2-5H3/b9-7+,14-13+. The van der Waals surface area contributed by atoms with Crippen LogP contribution in [0.1, 0.15) is 46.5 Å². The van der Waals surface area contributed by atoms with Crippen molar-refractivity contribution in [1.29, 1.82) is 0 Å². The van der Waals surface area contributed by atoms with Crippen LogP contribution in [-0.4, -0.2) is 13.1 Å². The molecule has 0 radical (unpaired) electrons. The molecular formula is C15H24O2. The summed E-state index contributed by atoms with van der Waals surface area (Å²) in [6, 6.07) is 0. The van der Waals surface area contributed by atoms with E-state index < -0.39 is 0 Å². The highest BCUT2D eigenvalue weighted by molar-refractivity contribution is 5.81. The number of rotatable bonds is 7. The highest BCUT2D eigenvalue weighted by Gasteiger charge is 1.98. The van der Waals surface area contributed by atoms with Crippen LogP contribution < -0.4 is 0 Å². The average molecular weight is 236 g/mol. The fourth-order valence-corrected chi connectivity index (χ4v) is 1.38. The predicted octanol–water partition coefficient (Wildman–Crippen LogP) is 4.19. The molecule has 0 heterocycles. The molecule has 2 heteroatoms. The molecule has 0 amide bonds. The molecule has 0 saturated heterocycles. The lowest BCUT2D eigenvalue weighted by atomic mass is 10.0. The third kappa shape index (κ3) is 8.49. The Morgan fingerprint density at radius 2 is 1.71 bits per heavy atom. The lowest BCUT2D eigenvalue weighted by Gasteiger charge is -2.06. The summed E-state index contributed by atoms with van der Waals surface area (Å²) in [5.74, 6) is -0.286. The van der Waals surface area contributed by atoms with E-state index in [-0.39, 0.29) is 5.97 Å². The largest absolute Gasteiger partial charge is 0.466 e. The number of carbonyl (C=O) groups excluding carboxylic acids is 1. The minimum atomic E-state index is -0.286. The molecule has 0 aliphatic heterocycles. The predicted molar refractivity (Wildman–Crippen MR) is 72.8 cm³/mol. The van der Waals surface area contributed by atoms with E-state index in [0.29, 0.717) is 0 Å². The normalized spacial score (nSPS) is 12.5. The second-order valence-corrected chi connectivity index (χ2v) is 4.48. The number of hydrogen-bond acceptors (Lipinski definition) is 2. The summed E-state index contributed by atoms with van der Waals surface area (Å²) in [5.41, 5.74) is 4.06. The zero-order valence-corrected chi connectivity index (χ0v) is 11.5. The second kappa shape index (κ2) is 8.80. The first-order valence-corrected chi connectivity index (χ1v) is 6.01. The van der Waals surface area contributed by atoms with Crippen LogP contribution in [0.3, 0.4) is 0 Å². The lowest BCUT2D eigenvalue weighted by molar-refractivity contribution is -0.134. The Hall–Kier alpha value is -1.31. The van der Waals surface area contributed by atoms with E-state index in [1.165, 1.54) is 29.9 Å². The first kappa shape index (κ1) is 15.7. The van der Waals surface area contributed by atoms with Gasteiger partial charge in [0.1, 0.15) is 0 Å². The van der Waals surface area contributed by atoms with Gasteiger partial charge < -0.3 is 4.74 Å². The molecule has 0 rings (SSSR count). The number of esters is 1. The highest BCUT2D eigenvalue weighted by atomic mass is 16.5. The number of methoxy groups -OCH3 is 1. The highest BCUT2D eigenvalue weighted by Crippen LogP contribution is 2.17. The number of carbonyl (C=O) groups is 1. The van der Waals surface area contributed by atoms with Crippen LogP contribution in [0.4, 0.5) is 0 Å². The van der Waals surface area contributed by atoms with Crippen LogP contribution in [0.25, 0.3) is 0 Å². The monoisotopic (exact) mass is 236 g/mol. The van der Waals surface area contributed by atoms with Crippen molar-refractivity contribution in [1.82, 2.24) is 0 Å². The van der Waals surface area contributed by atoms with Gasteiger partial charge in [0.05, 0.1) is 7.11 Å². The van der Waals surface area contributed by atoms with Gasteiger partial charge in [-0.1, -0.05) is 22.8 Å². The van der Waals surface area contributed by atoms with Crippen molar-refractivity contribution in [2.45, 2.75) is 46.5 Å². The van der Waals surface area contributed by atoms with Gasteiger partial charge in [-0.25, -0.2) is 4.79 Å². The summed E-state index contributed by atoms with van der Waals surface area (Å²) < 4.78 is 4.52. The van der Waals surface area contributed by atoms with E-state index >= 15 is 0 Å². The van der Waals surface area contributed by atoms with Gasteiger partial charge in [0, 0.05) is 6.08 Å². The van der Waals surface area contributed by atoms with Gasteiger partial charge in [0.15, 0.2) is 0 Å². The van der Waals surface area contributed by atoms with Crippen molar-refractivity contribution >= 4 is 5.97 Å². The van der Waals surface area contributed by atoms with Crippen molar-refractivity contribution in [3.05, 3.63) is 35.5 Å². The molecule has 0 atom stereocenters. The van der Waals surface area contributed by atoms with Gasteiger partial charge in [-0.2, -0.15) is 0 Å². The SMILES string of the molecule is C=C(C)CC/C(C)=C(\C)CC/C=C/C(=O)OC. The summed E-state index contributed by atoms with van der Waals surface area (Å²) >= 11 is 0. The summed E-state index contributed by atoms with van der Waals surface area (Å²) in [7, 11) is 1.39. The molecule has 0 fully saturated rings. The minimum absolute atomic E-state index is 0.286. The Morgan fingerprint density at radius 1 is 1.12 bits per heavy atom. The van der Waals surface area contributed by atoms with Gasteiger partial charge in [-0.15, -0.1) is 6.58 Å². The van der Waals surface area contributed by atoms with Crippen LogP contribution in [0, 0.1) is 0 Å². The summed E-state index contributed by atoms with van der Waals surface area (Å²) in [6.07, 6.45) is 7.36. The van der Waals surface area contributed by atoms with E-state index in [1.807, 2.05) is 6.08 Å². The van der Waals surface area contributed by atoms with Crippen molar-refractivity contribution in [2.24, 2.45) is 0 Å². The van der Waals surface area contributed by atoms with Gasteiger partial charge in [-0.3, -0.25) is 0 Å². The Bertz CT molecular complexity index is 322. The smallest absolute Gasteiger partial charge is 0.330 e. The first-order chi connectivity index (χ1) is 7.97. The maximum absolute atomic E-state index is 10.8. The quantitative estimate of drug-likeness (QED) is 0.376. The Balaban J connectivity index is 4.02. The summed E-state index contributed by atoms with van der Waals surface area (Å²) in [5, 5.41) is 0. The maximum Gasteiger partial charge on any atom is 0.330 e. The van der Waals surface area contributed by atoms with Crippen molar-refractivity contribution in [3.8, 4) is 0 Å². The molecule has 0 saturated carbocycles. The molecule has 2 nitrogen and oxygen atoms in total. The van der Waals surface area contributed by atoms with E-state index in [1.54, 1.807) is 0 Å². The summed E-state index contributed by atoms with van der Waals surface area (Å²) in [4.78, 5) is 10.8. The van der Waals surface area contributed by atoms with Crippen LogP contribution in [0.2, 0.25) is 0 Å². The zero-order chi connectivity index (χ0) is 13.3. The zero-order valence-electron chi connectivity index (χ0n) is 11.5. The van der Waals surface area contributed by atoms with Gasteiger partial charge in [-0.05, 0) is 46.5 Å².